The number of carbonyl (C=O) groups excluding carboxylic acids is 2. The van der Waals surface area contributed by atoms with Gasteiger partial charge in [-0.25, -0.2) is 0 Å². The molecule has 3 rings (SSSR count). The van der Waals surface area contributed by atoms with Crippen LogP contribution < -0.4 is 9.64 Å². The Labute approximate surface area is 183 Å². The lowest BCUT2D eigenvalue weighted by molar-refractivity contribution is -0.132. The molecule has 0 aromatic heterocycles. The van der Waals surface area contributed by atoms with Crippen molar-refractivity contribution in [2.45, 2.75) is 34.6 Å². The second kappa shape index (κ2) is 7.87. The Morgan fingerprint density at radius 1 is 1.03 bits per heavy atom. The molecule has 2 aliphatic rings. The lowest BCUT2D eigenvalue weighted by Gasteiger charge is -2.34. The second-order valence-electron chi connectivity index (χ2n) is 8.51. The zero-order valence-electron chi connectivity index (χ0n) is 18.7. The molecule has 2 aliphatic heterocycles. The van der Waals surface area contributed by atoms with E-state index in [1.54, 1.807) is 14.1 Å². The van der Waals surface area contributed by atoms with Gasteiger partial charge < -0.3 is 9.64 Å². The van der Waals surface area contributed by atoms with Crippen LogP contribution in [0.3, 0.4) is 0 Å². The molecule has 2 heterocycles. The van der Waals surface area contributed by atoms with E-state index in [4.69, 9.17) is 17.0 Å². The third kappa shape index (κ3) is 3.62. The monoisotopic (exact) mass is 427 g/mol. The Kier molecular flexibility index (Phi) is 5.78. The van der Waals surface area contributed by atoms with Gasteiger partial charge in [-0.2, -0.15) is 0 Å². The summed E-state index contributed by atoms with van der Waals surface area (Å²) in [6.07, 6.45) is 1.82. The van der Waals surface area contributed by atoms with Crippen molar-refractivity contribution in [1.29, 1.82) is 0 Å². The van der Waals surface area contributed by atoms with Crippen molar-refractivity contribution in [3.63, 3.8) is 0 Å². The van der Waals surface area contributed by atoms with Gasteiger partial charge in [-0.15, -0.1) is 0 Å². The molecule has 0 saturated carbocycles. The second-order valence-corrected chi connectivity index (χ2v) is 8.88. The first-order valence-corrected chi connectivity index (χ1v) is 10.6. The summed E-state index contributed by atoms with van der Waals surface area (Å²) in [5.74, 6) is 0.00520. The van der Waals surface area contributed by atoms with Gasteiger partial charge in [-0.3, -0.25) is 19.4 Å². The Hall–Kier alpha value is -2.67. The smallest absolute Gasteiger partial charge is 0.269 e. The van der Waals surface area contributed by atoms with E-state index in [-0.39, 0.29) is 21.9 Å². The van der Waals surface area contributed by atoms with Crippen molar-refractivity contribution in [2.24, 2.45) is 5.41 Å². The summed E-state index contributed by atoms with van der Waals surface area (Å²) >= 11 is 5.20. The molecular formula is C23H29N3O3S. The maximum Gasteiger partial charge on any atom is 0.269 e. The van der Waals surface area contributed by atoms with Gasteiger partial charge >= 0.3 is 0 Å². The van der Waals surface area contributed by atoms with Crippen LogP contribution in [-0.2, 0) is 9.59 Å². The third-order valence-corrected chi connectivity index (χ3v) is 6.09. The summed E-state index contributed by atoms with van der Waals surface area (Å²) in [7, 11) is 3.13. The molecule has 0 unspecified atom stereocenters. The first-order valence-electron chi connectivity index (χ1n) is 10.1. The van der Waals surface area contributed by atoms with Gasteiger partial charge in [0.05, 0.1) is 0 Å². The average Bonchev–Trinajstić information content (AvgIpc) is 2.70. The van der Waals surface area contributed by atoms with Gasteiger partial charge in [0.25, 0.3) is 11.8 Å². The molecule has 0 aliphatic carbocycles. The molecule has 0 bridgehead atoms. The molecule has 1 saturated heterocycles. The highest BCUT2D eigenvalue weighted by molar-refractivity contribution is 7.80. The quantitative estimate of drug-likeness (QED) is 0.417. The number of benzene rings is 1. The Bertz CT molecular complexity index is 958. The van der Waals surface area contributed by atoms with E-state index in [0.717, 1.165) is 29.9 Å². The third-order valence-electron chi connectivity index (χ3n) is 5.54. The molecule has 1 fully saturated rings. The zero-order valence-corrected chi connectivity index (χ0v) is 19.5. The predicted octanol–water partition coefficient (Wildman–Crippen LogP) is 3.82. The molecule has 1 aromatic carbocycles. The lowest BCUT2D eigenvalue weighted by atomic mass is 9.80. The van der Waals surface area contributed by atoms with Crippen molar-refractivity contribution in [1.82, 2.24) is 9.80 Å². The molecule has 160 valence electrons. The number of hydrogen-bond acceptors (Lipinski definition) is 5. The van der Waals surface area contributed by atoms with Crippen molar-refractivity contribution < 1.29 is 14.3 Å². The standard InChI is InChI=1S/C23H29N3O3S/c1-8-26(9-2)14-10-11-15-16(23(3,4)5)13-18(29-17(15)12-14)19-20(27)24(6)22(30)25(7)21(19)28/h10-13H,8-9H2,1-7H3. The number of ether oxygens (including phenoxy) is 1. The zero-order chi connectivity index (χ0) is 22.4. The summed E-state index contributed by atoms with van der Waals surface area (Å²) in [6, 6.07) is 6.13. The predicted molar refractivity (Wildman–Crippen MR) is 123 cm³/mol. The SMILES string of the molecule is CCN(CC)c1ccc2c(c1)OC(=C1C(=O)N(C)C(=S)N(C)C1=O)C=C2C(C)(C)C. The highest BCUT2D eigenvalue weighted by Crippen LogP contribution is 2.45. The number of amides is 2. The molecule has 7 heteroatoms. The topological polar surface area (TPSA) is 53.1 Å². The molecular weight excluding hydrogens is 398 g/mol. The van der Waals surface area contributed by atoms with E-state index in [1.807, 2.05) is 12.1 Å². The van der Waals surface area contributed by atoms with Crippen LogP contribution in [-0.4, -0.2) is 53.9 Å². The number of rotatable bonds is 3. The Balaban J connectivity index is 2.22. The van der Waals surface area contributed by atoms with Crippen molar-refractivity contribution >= 4 is 40.4 Å². The summed E-state index contributed by atoms with van der Waals surface area (Å²) in [6.45, 7) is 12.3. The highest BCUT2D eigenvalue weighted by atomic mass is 32.1. The van der Waals surface area contributed by atoms with Crippen molar-refractivity contribution in [2.75, 3.05) is 32.1 Å². The van der Waals surface area contributed by atoms with Crippen LogP contribution in [0.25, 0.3) is 5.57 Å². The van der Waals surface area contributed by atoms with E-state index in [0.29, 0.717) is 5.75 Å². The van der Waals surface area contributed by atoms with Crippen molar-refractivity contribution in [3.05, 3.63) is 41.2 Å². The van der Waals surface area contributed by atoms with E-state index >= 15 is 0 Å². The minimum absolute atomic E-state index is 0.00533. The molecule has 30 heavy (non-hydrogen) atoms. The van der Waals surface area contributed by atoms with E-state index in [2.05, 4.69) is 51.7 Å². The highest BCUT2D eigenvalue weighted by Gasteiger charge is 2.40. The first kappa shape index (κ1) is 22.0. The van der Waals surface area contributed by atoms with Gasteiger partial charge in [-0.1, -0.05) is 20.8 Å². The van der Waals surface area contributed by atoms with Crippen LogP contribution >= 0.6 is 12.2 Å². The van der Waals surface area contributed by atoms with Crippen LogP contribution in [0.4, 0.5) is 5.69 Å². The average molecular weight is 428 g/mol. The fourth-order valence-electron chi connectivity index (χ4n) is 3.74. The van der Waals surface area contributed by atoms with Crippen LogP contribution in [0, 0.1) is 5.41 Å². The van der Waals surface area contributed by atoms with E-state index in [1.165, 1.54) is 9.80 Å². The number of carbonyl (C=O) groups is 2. The van der Waals surface area contributed by atoms with Crippen LogP contribution in [0.1, 0.15) is 40.2 Å². The summed E-state index contributed by atoms with van der Waals surface area (Å²) < 4.78 is 6.19. The Morgan fingerprint density at radius 3 is 2.10 bits per heavy atom. The summed E-state index contributed by atoms with van der Waals surface area (Å²) in [5, 5.41) is 0.175. The number of allylic oxidation sites excluding steroid dienone is 2. The minimum Gasteiger partial charge on any atom is -0.456 e. The van der Waals surface area contributed by atoms with Gasteiger partial charge in [-0.05, 0) is 55.3 Å². The fourth-order valence-corrected chi connectivity index (χ4v) is 3.91. The lowest BCUT2D eigenvalue weighted by Crippen LogP contribution is -2.53. The van der Waals surface area contributed by atoms with Gasteiger partial charge in [0.1, 0.15) is 17.1 Å². The first-order chi connectivity index (χ1) is 14.0. The summed E-state index contributed by atoms with van der Waals surface area (Å²) in [4.78, 5) is 30.7. The molecule has 6 nitrogen and oxygen atoms in total. The maximum atomic E-state index is 12.9. The largest absolute Gasteiger partial charge is 0.456 e. The molecule has 2 amide bonds. The fraction of sp³-hybridized carbons (Fsp3) is 0.435. The number of hydrogen-bond donors (Lipinski definition) is 0. The molecule has 0 radical (unpaired) electrons. The maximum absolute atomic E-state index is 12.9. The van der Waals surface area contributed by atoms with Crippen LogP contribution in [0.5, 0.6) is 5.75 Å². The van der Waals surface area contributed by atoms with Crippen LogP contribution in [0.15, 0.2) is 35.6 Å². The number of thiocarbonyl (C=S) groups is 1. The number of likely N-dealkylation sites (N-methyl/N-ethyl adjacent to an activating group) is 2. The molecule has 0 N–H and O–H groups in total. The van der Waals surface area contributed by atoms with Gasteiger partial charge in [0.2, 0.25) is 0 Å². The molecule has 0 spiro atoms. The summed E-state index contributed by atoms with van der Waals surface area (Å²) in [5.41, 5.74) is 2.80. The normalized spacial score (nSPS) is 17.2. The number of fused-ring (bicyclic) bond motifs is 1. The van der Waals surface area contributed by atoms with Crippen molar-refractivity contribution in [3.8, 4) is 5.75 Å². The number of nitrogens with zero attached hydrogens (tertiary/aromatic N) is 3. The minimum atomic E-state index is -0.453. The molecule has 0 atom stereocenters. The van der Waals surface area contributed by atoms with E-state index in [9.17, 15) is 9.59 Å². The van der Waals surface area contributed by atoms with Gasteiger partial charge in [0, 0.05) is 44.5 Å². The van der Waals surface area contributed by atoms with Gasteiger partial charge in [0.15, 0.2) is 5.11 Å². The van der Waals surface area contributed by atoms with Crippen LogP contribution in [0.2, 0.25) is 0 Å². The Morgan fingerprint density at radius 2 is 1.60 bits per heavy atom. The number of anilines is 1. The van der Waals surface area contributed by atoms with E-state index < -0.39 is 11.8 Å². The molecule has 1 aromatic rings.